The summed E-state index contributed by atoms with van der Waals surface area (Å²) in [6, 6.07) is 12.0. The summed E-state index contributed by atoms with van der Waals surface area (Å²) >= 11 is 6.39. The number of aliphatic imine (C=N–C) groups is 1. The third-order valence-corrected chi connectivity index (χ3v) is 7.55. The molecule has 33 heavy (non-hydrogen) atoms. The number of likely N-dealkylation sites (tertiary alicyclic amines) is 1. The third kappa shape index (κ3) is 5.55. The van der Waals surface area contributed by atoms with Gasteiger partial charge < -0.3 is 10.2 Å². The standard InChI is InChI=1S/C26H32ClN5O/c27-22-5-2-1-4-21(22)18-20-10-16-32(17-11-20)24(23-6-3-14-29-31-23)30-26(12-13-26)25(33)28-15-9-19-7-8-19/h1-6,14,19-20H,7-13,15-18H2,(H,28,33). The number of aromatic nitrogens is 2. The van der Waals surface area contributed by atoms with Crippen LogP contribution in [0.15, 0.2) is 47.6 Å². The molecule has 2 heterocycles. The van der Waals surface area contributed by atoms with Crippen LogP contribution in [0.2, 0.25) is 5.02 Å². The molecule has 3 fully saturated rings. The van der Waals surface area contributed by atoms with Gasteiger partial charge >= 0.3 is 0 Å². The van der Waals surface area contributed by atoms with Crippen LogP contribution in [0.4, 0.5) is 0 Å². The summed E-state index contributed by atoms with van der Waals surface area (Å²) in [6.45, 7) is 2.54. The lowest BCUT2D eigenvalue weighted by Crippen LogP contribution is -2.43. The van der Waals surface area contributed by atoms with E-state index in [-0.39, 0.29) is 5.91 Å². The Kier molecular flexibility index (Phi) is 6.63. The van der Waals surface area contributed by atoms with Gasteiger partial charge in [-0.05, 0) is 74.1 Å². The van der Waals surface area contributed by atoms with Crippen LogP contribution >= 0.6 is 11.6 Å². The van der Waals surface area contributed by atoms with Crippen LogP contribution in [0, 0.1) is 11.8 Å². The fraction of sp³-hybridized carbons (Fsp3) is 0.538. The van der Waals surface area contributed by atoms with Gasteiger partial charge in [-0.2, -0.15) is 5.10 Å². The summed E-state index contributed by atoms with van der Waals surface area (Å²) < 4.78 is 0. The molecule has 0 spiro atoms. The number of rotatable bonds is 8. The van der Waals surface area contributed by atoms with Crippen LogP contribution in [-0.4, -0.2) is 52.0 Å². The summed E-state index contributed by atoms with van der Waals surface area (Å²) in [5.74, 6) is 2.28. The Morgan fingerprint density at radius 1 is 1.09 bits per heavy atom. The smallest absolute Gasteiger partial charge is 0.248 e. The van der Waals surface area contributed by atoms with E-state index in [1.807, 2.05) is 24.3 Å². The second-order valence-electron chi connectivity index (χ2n) is 9.79. The molecule has 1 aromatic heterocycles. The first kappa shape index (κ1) is 22.3. The van der Waals surface area contributed by atoms with Gasteiger partial charge in [0.05, 0.1) is 0 Å². The maximum absolute atomic E-state index is 13.0. The van der Waals surface area contributed by atoms with Crippen molar-refractivity contribution in [2.45, 2.75) is 56.9 Å². The predicted octanol–water partition coefficient (Wildman–Crippen LogP) is 4.28. The maximum Gasteiger partial charge on any atom is 0.248 e. The molecule has 2 aromatic rings. The van der Waals surface area contributed by atoms with Gasteiger partial charge in [-0.15, -0.1) is 5.10 Å². The van der Waals surface area contributed by atoms with E-state index < -0.39 is 5.54 Å². The van der Waals surface area contributed by atoms with E-state index in [0.29, 0.717) is 5.92 Å². The average molecular weight is 466 g/mol. The first-order chi connectivity index (χ1) is 16.1. The van der Waals surface area contributed by atoms with Crippen molar-refractivity contribution in [2.75, 3.05) is 19.6 Å². The molecular formula is C26H32ClN5O. The quantitative estimate of drug-likeness (QED) is 0.466. The summed E-state index contributed by atoms with van der Waals surface area (Å²) in [5.41, 5.74) is 1.34. The lowest BCUT2D eigenvalue weighted by molar-refractivity contribution is -0.123. The zero-order valence-electron chi connectivity index (χ0n) is 19.0. The lowest BCUT2D eigenvalue weighted by Gasteiger charge is -2.34. The van der Waals surface area contributed by atoms with E-state index in [2.05, 4.69) is 32.5 Å². The monoisotopic (exact) mass is 465 g/mol. The minimum absolute atomic E-state index is 0.0677. The van der Waals surface area contributed by atoms with Crippen LogP contribution in [0.1, 0.15) is 56.2 Å². The molecule has 1 amide bonds. The molecule has 1 aliphatic heterocycles. The molecule has 0 radical (unpaired) electrons. The molecular weight excluding hydrogens is 434 g/mol. The van der Waals surface area contributed by atoms with Gasteiger partial charge in [0.2, 0.25) is 5.91 Å². The van der Waals surface area contributed by atoms with Gasteiger partial charge in [-0.25, -0.2) is 4.99 Å². The SMILES string of the molecule is O=C(NCCC1CC1)C1(N=C(c2cccnn2)N2CCC(Cc3ccccc3Cl)CC2)CC1. The van der Waals surface area contributed by atoms with Gasteiger partial charge in [0.15, 0.2) is 5.84 Å². The lowest BCUT2D eigenvalue weighted by atomic mass is 9.90. The minimum Gasteiger partial charge on any atom is -0.355 e. The number of amidine groups is 1. The molecule has 5 rings (SSSR count). The van der Waals surface area contributed by atoms with E-state index >= 15 is 0 Å². The second-order valence-corrected chi connectivity index (χ2v) is 10.2. The molecule has 1 N–H and O–H groups in total. The number of carbonyl (C=O) groups is 1. The summed E-state index contributed by atoms with van der Waals surface area (Å²) in [5, 5.41) is 12.4. The number of benzene rings is 1. The minimum atomic E-state index is -0.634. The zero-order chi connectivity index (χ0) is 22.7. The Morgan fingerprint density at radius 3 is 2.55 bits per heavy atom. The molecule has 2 saturated carbocycles. The number of carbonyl (C=O) groups excluding carboxylic acids is 1. The van der Waals surface area contributed by atoms with Crippen molar-refractivity contribution in [1.82, 2.24) is 20.4 Å². The highest BCUT2D eigenvalue weighted by Crippen LogP contribution is 2.41. The predicted molar refractivity (Wildman–Crippen MR) is 130 cm³/mol. The normalized spacial score (nSPS) is 20.5. The van der Waals surface area contributed by atoms with Crippen molar-refractivity contribution >= 4 is 23.3 Å². The summed E-state index contributed by atoms with van der Waals surface area (Å²) in [6.07, 6.45) is 10.1. The van der Waals surface area contributed by atoms with Gasteiger partial charge in [0, 0.05) is 30.9 Å². The molecule has 1 aromatic carbocycles. The Bertz CT molecular complexity index is 995. The molecule has 0 atom stereocenters. The van der Waals surface area contributed by atoms with Crippen LogP contribution in [0.25, 0.3) is 0 Å². The van der Waals surface area contributed by atoms with Crippen LogP contribution in [-0.2, 0) is 11.2 Å². The summed E-state index contributed by atoms with van der Waals surface area (Å²) in [4.78, 5) is 20.3. The van der Waals surface area contributed by atoms with Crippen molar-refractivity contribution in [3.63, 3.8) is 0 Å². The molecule has 2 aliphatic carbocycles. The van der Waals surface area contributed by atoms with Crippen molar-refractivity contribution in [3.05, 3.63) is 58.9 Å². The number of nitrogens with zero attached hydrogens (tertiary/aromatic N) is 4. The largest absolute Gasteiger partial charge is 0.355 e. The van der Waals surface area contributed by atoms with E-state index in [1.165, 1.54) is 18.4 Å². The first-order valence-corrected chi connectivity index (χ1v) is 12.7. The Labute approximate surface area is 200 Å². The van der Waals surface area contributed by atoms with E-state index in [4.69, 9.17) is 16.6 Å². The van der Waals surface area contributed by atoms with Crippen LogP contribution < -0.4 is 5.32 Å². The van der Waals surface area contributed by atoms with Crippen molar-refractivity contribution in [2.24, 2.45) is 16.8 Å². The van der Waals surface area contributed by atoms with Crippen LogP contribution in [0.5, 0.6) is 0 Å². The highest BCUT2D eigenvalue weighted by molar-refractivity contribution is 6.31. The average Bonchev–Trinajstić information content (AvgIpc) is 3.77. The van der Waals surface area contributed by atoms with Gasteiger partial charge in [0.25, 0.3) is 0 Å². The molecule has 0 bridgehead atoms. The van der Waals surface area contributed by atoms with Gasteiger partial charge in [-0.1, -0.05) is 42.6 Å². The second kappa shape index (κ2) is 9.80. The number of halogens is 1. The topological polar surface area (TPSA) is 70.5 Å². The molecule has 174 valence electrons. The third-order valence-electron chi connectivity index (χ3n) is 7.18. The molecule has 3 aliphatic rings. The van der Waals surface area contributed by atoms with Gasteiger partial charge in [-0.3, -0.25) is 4.79 Å². The summed E-state index contributed by atoms with van der Waals surface area (Å²) in [7, 11) is 0. The molecule has 0 unspecified atom stereocenters. The highest BCUT2D eigenvalue weighted by Gasteiger charge is 2.51. The van der Waals surface area contributed by atoms with Crippen molar-refractivity contribution < 1.29 is 4.79 Å². The van der Waals surface area contributed by atoms with E-state index in [1.54, 1.807) is 6.20 Å². The first-order valence-electron chi connectivity index (χ1n) is 12.3. The number of piperidine rings is 1. The number of hydrogen-bond acceptors (Lipinski definition) is 4. The van der Waals surface area contributed by atoms with E-state index in [9.17, 15) is 4.79 Å². The maximum atomic E-state index is 13.0. The number of hydrogen-bond donors (Lipinski definition) is 1. The number of nitrogens with one attached hydrogen (secondary N) is 1. The van der Waals surface area contributed by atoms with Crippen molar-refractivity contribution in [3.8, 4) is 0 Å². The Morgan fingerprint density at radius 2 is 1.88 bits per heavy atom. The Hall–Kier alpha value is -2.47. The molecule has 1 saturated heterocycles. The van der Waals surface area contributed by atoms with Gasteiger partial charge in [0.1, 0.15) is 11.2 Å². The van der Waals surface area contributed by atoms with Crippen LogP contribution in [0.3, 0.4) is 0 Å². The highest BCUT2D eigenvalue weighted by atomic mass is 35.5. The zero-order valence-corrected chi connectivity index (χ0v) is 19.8. The van der Waals surface area contributed by atoms with Crippen molar-refractivity contribution in [1.29, 1.82) is 0 Å². The Balaban J connectivity index is 1.27. The molecule has 6 nitrogen and oxygen atoms in total. The fourth-order valence-corrected chi connectivity index (χ4v) is 4.92. The fourth-order valence-electron chi connectivity index (χ4n) is 4.71. The van der Waals surface area contributed by atoms with E-state index in [0.717, 1.165) is 80.6 Å². The number of amides is 1. The molecule has 7 heteroatoms.